The molecule has 2 aliphatic heterocycles. The first-order chi connectivity index (χ1) is 12.2. The Bertz CT molecular complexity index is 780. The van der Waals surface area contributed by atoms with Crippen LogP contribution >= 0.6 is 0 Å². The maximum Gasteiger partial charge on any atom is 0.230 e. The number of benzene rings is 2. The Morgan fingerprint density at radius 2 is 2.08 bits per heavy atom. The van der Waals surface area contributed by atoms with Crippen molar-refractivity contribution in [2.75, 3.05) is 26.2 Å². The van der Waals surface area contributed by atoms with Crippen LogP contribution in [0.15, 0.2) is 48.5 Å². The fourth-order valence-electron chi connectivity index (χ4n) is 3.70. The lowest BCUT2D eigenvalue weighted by molar-refractivity contribution is -0.140. The molecule has 1 N–H and O–H groups in total. The van der Waals surface area contributed by atoms with Crippen LogP contribution in [0, 0.1) is 11.7 Å². The number of piperazine rings is 1. The maximum absolute atomic E-state index is 13.6. The van der Waals surface area contributed by atoms with Crippen molar-refractivity contribution in [1.82, 2.24) is 10.2 Å². The lowest BCUT2D eigenvalue weighted by Crippen LogP contribution is -2.51. The summed E-state index contributed by atoms with van der Waals surface area (Å²) in [5.74, 6) is 0.494. The third-order valence-corrected chi connectivity index (χ3v) is 4.99. The number of carbonyl (C=O) groups is 1. The van der Waals surface area contributed by atoms with E-state index in [0.29, 0.717) is 26.1 Å². The Morgan fingerprint density at radius 3 is 2.96 bits per heavy atom. The van der Waals surface area contributed by atoms with Crippen LogP contribution in [-0.2, 0) is 11.2 Å². The molecule has 2 aromatic carbocycles. The van der Waals surface area contributed by atoms with E-state index in [4.69, 9.17) is 4.74 Å². The maximum atomic E-state index is 13.6. The van der Waals surface area contributed by atoms with Gasteiger partial charge in [-0.05, 0) is 35.7 Å². The van der Waals surface area contributed by atoms with Crippen molar-refractivity contribution in [3.05, 3.63) is 65.5 Å². The van der Waals surface area contributed by atoms with Crippen LogP contribution in [0.3, 0.4) is 0 Å². The fourth-order valence-corrected chi connectivity index (χ4v) is 3.70. The molecule has 2 atom stereocenters. The van der Waals surface area contributed by atoms with Gasteiger partial charge >= 0.3 is 0 Å². The number of ether oxygens (including phenoxy) is 1. The highest BCUT2D eigenvalue weighted by Gasteiger charge is 2.34. The van der Waals surface area contributed by atoms with Crippen molar-refractivity contribution < 1.29 is 13.9 Å². The zero-order valence-electron chi connectivity index (χ0n) is 14.0. The van der Waals surface area contributed by atoms with Crippen LogP contribution in [0.4, 0.5) is 4.39 Å². The van der Waals surface area contributed by atoms with E-state index in [2.05, 4.69) is 5.32 Å². The lowest BCUT2D eigenvalue weighted by atomic mass is 9.93. The molecule has 2 heterocycles. The van der Waals surface area contributed by atoms with Crippen molar-refractivity contribution in [3.8, 4) is 5.75 Å². The topological polar surface area (TPSA) is 41.6 Å². The van der Waals surface area contributed by atoms with Gasteiger partial charge < -0.3 is 15.0 Å². The van der Waals surface area contributed by atoms with Gasteiger partial charge in [0.2, 0.25) is 5.91 Å². The molecule has 0 aliphatic carbocycles. The van der Waals surface area contributed by atoms with E-state index in [9.17, 15) is 9.18 Å². The zero-order chi connectivity index (χ0) is 17.2. The van der Waals surface area contributed by atoms with Gasteiger partial charge in [-0.1, -0.05) is 30.3 Å². The van der Waals surface area contributed by atoms with E-state index >= 15 is 0 Å². The lowest BCUT2D eigenvalue weighted by Gasteiger charge is -2.39. The van der Waals surface area contributed by atoms with Gasteiger partial charge in [0.05, 0.1) is 12.0 Å². The molecule has 0 aromatic heterocycles. The molecule has 0 radical (unpaired) electrons. The number of hydrogen-bond acceptors (Lipinski definition) is 3. The molecule has 0 saturated carbocycles. The number of fused-ring (bicyclic) bond motifs is 1. The van der Waals surface area contributed by atoms with Crippen molar-refractivity contribution in [1.29, 1.82) is 0 Å². The second kappa shape index (κ2) is 6.84. The molecule has 1 fully saturated rings. The van der Waals surface area contributed by atoms with E-state index in [1.165, 1.54) is 12.1 Å². The van der Waals surface area contributed by atoms with Gasteiger partial charge in [0.15, 0.2) is 0 Å². The minimum atomic E-state index is -0.273. The molecule has 1 saturated heterocycles. The molecular weight excluding hydrogens is 319 g/mol. The third-order valence-electron chi connectivity index (χ3n) is 4.99. The Morgan fingerprint density at radius 1 is 1.20 bits per heavy atom. The largest absolute Gasteiger partial charge is 0.492 e. The Hall–Kier alpha value is -2.40. The summed E-state index contributed by atoms with van der Waals surface area (Å²) in [6.07, 6.45) is 0.689. The number of hydrogen-bond donors (Lipinski definition) is 1. The minimum Gasteiger partial charge on any atom is -0.492 e. The van der Waals surface area contributed by atoms with Gasteiger partial charge in [-0.25, -0.2) is 4.39 Å². The summed E-state index contributed by atoms with van der Waals surface area (Å²) in [5, 5.41) is 3.31. The molecule has 0 spiro atoms. The predicted octanol–water partition coefficient (Wildman–Crippen LogP) is 2.55. The summed E-state index contributed by atoms with van der Waals surface area (Å²) in [4.78, 5) is 15.0. The Kier molecular flexibility index (Phi) is 4.40. The van der Waals surface area contributed by atoms with Crippen LogP contribution in [0.5, 0.6) is 5.75 Å². The third kappa shape index (κ3) is 3.24. The summed E-state index contributed by atoms with van der Waals surface area (Å²) in [6, 6.07) is 14.2. The molecule has 2 unspecified atom stereocenters. The molecule has 2 aromatic rings. The molecule has 1 amide bonds. The van der Waals surface area contributed by atoms with Crippen molar-refractivity contribution in [3.63, 3.8) is 0 Å². The number of nitrogens with one attached hydrogen (secondary N) is 1. The summed E-state index contributed by atoms with van der Waals surface area (Å²) < 4.78 is 19.4. The highest BCUT2D eigenvalue weighted by molar-refractivity contribution is 5.80. The monoisotopic (exact) mass is 340 g/mol. The van der Waals surface area contributed by atoms with E-state index in [-0.39, 0.29) is 23.7 Å². The second-order valence-electron chi connectivity index (χ2n) is 6.63. The average molecular weight is 340 g/mol. The summed E-state index contributed by atoms with van der Waals surface area (Å²) in [7, 11) is 0. The average Bonchev–Trinajstić information content (AvgIpc) is 2.67. The first-order valence-corrected chi connectivity index (χ1v) is 8.70. The van der Waals surface area contributed by atoms with Gasteiger partial charge in [-0.3, -0.25) is 4.79 Å². The van der Waals surface area contributed by atoms with Crippen LogP contribution in [0.1, 0.15) is 17.2 Å². The predicted molar refractivity (Wildman–Crippen MR) is 92.9 cm³/mol. The van der Waals surface area contributed by atoms with Crippen molar-refractivity contribution in [2.45, 2.75) is 12.5 Å². The molecule has 25 heavy (non-hydrogen) atoms. The highest BCUT2D eigenvalue weighted by atomic mass is 19.1. The van der Waals surface area contributed by atoms with Gasteiger partial charge in [0.1, 0.15) is 18.2 Å². The van der Waals surface area contributed by atoms with Crippen LogP contribution in [0.25, 0.3) is 0 Å². The van der Waals surface area contributed by atoms with Gasteiger partial charge in [0, 0.05) is 19.6 Å². The van der Waals surface area contributed by atoms with E-state index in [1.54, 1.807) is 6.07 Å². The van der Waals surface area contributed by atoms with Crippen LogP contribution in [-0.4, -0.2) is 37.0 Å². The van der Waals surface area contributed by atoms with E-state index < -0.39 is 0 Å². The number of rotatable bonds is 2. The first kappa shape index (κ1) is 16.1. The summed E-state index contributed by atoms with van der Waals surface area (Å²) in [5.41, 5.74) is 1.90. The van der Waals surface area contributed by atoms with Crippen molar-refractivity contribution in [2.24, 2.45) is 5.92 Å². The number of nitrogens with zero attached hydrogens (tertiary/aromatic N) is 1. The highest BCUT2D eigenvalue weighted by Crippen LogP contribution is 2.30. The number of carbonyl (C=O) groups excluding carboxylic acids is 1. The van der Waals surface area contributed by atoms with Gasteiger partial charge in [-0.2, -0.15) is 0 Å². The Labute approximate surface area is 146 Å². The van der Waals surface area contributed by atoms with E-state index in [1.807, 2.05) is 35.2 Å². The molecule has 4 nitrogen and oxygen atoms in total. The minimum absolute atomic E-state index is 0.0882. The van der Waals surface area contributed by atoms with E-state index in [0.717, 1.165) is 23.4 Å². The molecule has 4 rings (SSSR count). The summed E-state index contributed by atoms with van der Waals surface area (Å²) in [6.45, 7) is 2.41. The molecule has 5 heteroatoms. The number of amides is 1. The first-order valence-electron chi connectivity index (χ1n) is 8.70. The Balaban J connectivity index is 1.56. The number of halogens is 1. The summed E-state index contributed by atoms with van der Waals surface area (Å²) >= 11 is 0. The zero-order valence-corrected chi connectivity index (χ0v) is 14.0. The number of para-hydroxylation sites is 1. The van der Waals surface area contributed by atoms with Crippen LogP contribution in [0.2, 0.25) is 0 Å². The molecule has 0 bridgehead atoms. The normalized spacial score (nSPS) is 22.8. The second-order valence-corrected chi connectivity index (χ2v) is 6.63. The van der Waals surface area contributed by atoms with Crippen molar-refractivity contribution >= 4 is 5.91 Å². The SMILES string of the molecule is O=C(C1COc2ccccc2C1)N1CCNCC1c1cccc(F)c1. The standard InChI is InChI=1S/C20H21FN2O2/c21-17-6-3-5-14(11-17)18-12-22-8-9-23(18)20(24)16-10-15-4-1-2-7-19(15)25-13-16/h1-7,11,16,18,22H,8-10,12-13H2. The molecular formula is C20H21FN2O2. The quantitative estimate of drug-likeness (QED) is 0.914. The smallest absolute Gasteiger partial charge is 0.230 e. The fraction of sp³-hybridized carbons (Fsp3) is 0.350. The van der Waals surface area contributed by atoms with Crippen LogP contribution < -0.4 is 10.1 Å². The van der Waals surface area contributed by atoms with Gasteiger partial charge in [-0.15, -0.1) is 0 Å². The van der Waals surface area contributed by atoms with Gasteiger partial charge in [0.25, 0.3) is 0 Å². The molecule has 130 valence electrons. The molecule has 2 aliphatic rings.